The van der Waals surface area contributed by atoms with Crippen molar-refractivity contribution in [1.29, 1.82) is 0 Å². The smallest absolute Gasteiger partial charge is 0.161 e. The Bertz CT molecular complexity index is 672. The largest absolute Gasteiger partial charge is 0.264 e. The lowest BCUT2D eigenvalue weighted by molar-refractivity contribution is 0.783. The fraction of sp³-hybridized carbons (Fsp3) is 0.167. The summed E-state index contributed by atoms with van der Waals surface area (Å²) in [5.74, 6) is 0.736. The lowest BCUT2D eigenvalue weighted by Gasteiger charge is -2.03. The van der Waals surface area contributed by atoms with Crippen molar-refractivity contribution >= 4 is 11.0 Å². The molecular formula is C12H11N5. The molecule has 3 heterocycles. The summed E-state index contributed by atoms with van der Waals surface area (Å²) < 4.78 is 1.75. The standard InChI is InChI=1S/C12H11N5/c1-8-15-11(9-4-3-5-13-6-9)10-7-14-17(2)12(10)16-8/h3-7H,1-2H3. The van der Waals surface area contributed by atoms with Crippen LogP contribution in [0.1, 0.15) is 5.82 Å². The molecule has 3 aromatic rings. The molecule has 0 aliphatic rings. The lowest BCUT2D eigenvalue weighted by Crippen LogP contribution is -1.97. The van der Waals surface area contributed by atoms with Gasteiger partial charge in [-0.25, -0.2) is 9.97 Å². The van der Waals surface area contributed by atoms with E-state index in [2.05, 4.69) is 20.1 Å². The summed E-state index contributed by atoms with van der Waals surface area (Å²) in [5, 5.41) is 5.17. The minimum absolute atomic E-state index is 0.736. The van der Waals surface area contributed by atoms with Crippen molar-refractivity contribution in [3.63, 3.8) is 0 Å². The third-order valence-electron chi connectivity index (χ3n) is 2.64. The summed E-state index contributed by atoms with van der Waals surface area (Å²) in [6, 6.07) is 3.89. The van der Waals surface area contributed by atoms with E-state index in [9.17, 15) is 0 Å². The molecule has 0 spiro atoms. The van der Waals surface area contributed by atoms with Crippen molar-refractivity contribution in [2.24, 2.45) is 7.05 Å². The number of pyridine rings is 1. The Balaban J connectivity index is 2.36. The van der Waals surface area contributed by atoms with E-state index in [0.29, 0.717) is 0 Å². The Hall–Kier alpha value is -2.30. The van der Waals surface area contributed by atoms with Crippen LogP contribution in [-0.2, 0) is 7.05 Å². The Morgan fingerprint density at radius 1 is 1.18 bits per heavy atom. The molecule has 3 aromatic heterocycles. The Morgan fingerprint density at radius 3 is 2.82 bits per heavy atom. The van der Waals surface area contributed by atoms with Crippen molar-refractivity contribution in [2.75, 3.05) is 0 Å². The fourth-order valence-corrected chi connectivity index (χ4v) is 1.85. The predicted molar refractivity (Wildman–Crippen MR) is 64.3 cm³/mol. The average molecular weight is 225 g/mol. The zero-order valence-corrected chi connectivity index (χ0v) is 9.62. The zero-order chi connectivity index (χ0) is 11.8. The number of hydrogen-bond donors (Lipinski definition) is 0. The maximum absolute atomic E-state index is 4.48. The molecule has 0 saturated carbocycles. The van der Waals surface area contributed by atoms with E-state index >= 15 is 0 Å². The Labute approximate surface area is 98.2 Å². The SMILES string of the molecule is Cc1nc(-c2cccnc2)c2cnn(C)c2n1. The van der Waals surface area contributed by atoms with Crippen molar-refractivity contribution in [2.45, 2.75) is 6.92 Å². The van der Waals surface area contributed by atoms with Gasteiger partial charge in [0.25, 0.3) is 0 Å². The van der Waals surface area contributed by atoms with E-state index in [0.717, 1.165) is 28.1 Å². The maximum Gasteiger partial charge on any atom is 0.161 e. The van der Waals surface area contributed by atoms with Crippen molar-refractivity contribution in [1.82, 2.24) is 24.7 Å². The van der Waals surface area contributed by atoms with Gasteiger partial charge in [-0.15, -0.1) is 0 Å². The van der Waals surface area contributed by atoms with E-state index in [4.69, 9.17) is 0 Å². The van der Waals surface area contributed by atoms with E-state index in [1.807, 2.05) is 26.1 Å². The van der Waals surface area contributed by atoms with Gasteiger partial charge in [0.05, 0.1) is 17.3 Å². The first kappa shape index (κ1) is 9.89. The lowest BCUT2D eigenvalue weighted by atomic mass is 10.1. The molecule has 5 heteroatoms. The van der Waals surface area contributed by atoms with Crippen LogP contribution in [0.2, 0.25) is 0 Å². The third kappa shape index (κ3) is 1.56. The van der Waals surface area contributed by atoms with Gasteiger partial charge in [-0.2, -0.15) is 5.10 Å². The molecule has 0 fully saturated rings. The third-order valence-corrected chi connectivity index (χ3v) is 2.64. The monoisotopic (exact) mass is 225 g/mol. The van der Waals surface area contributed by atoms with Gasteiger partial charge in [0.15, 0.2) is 5.65 Å². The molecule has 17 heavy (non-hydrogen) atoms. The molecular weight excluding hydrogens is 214 g/mol. The van der Waals surface area contributed by atoms with Crippen LogP contribution in [-0.4, -0.2) is 24.7 Å². The van der Waals surface area contributed by atoms with Gasteiger partial charge in [0, 0.05) is 25.0 Å². The van der Waals surface area contributed by atoms with E-state index in [1.54, 1.807) is 23.3 Å². The highest BCUT2D eigenvalue weighted by Crippen LogP contribution is 2.24. The minimum Gasteiger partial charge on any atom is -0.264 e. The molecule has 0 unspecified atom stereocenters. The number of fused-ring (bicyclic) bond motifs is 1. The first-order valence-electron chi connectivity index (χ1n) is 5.32. The van der Waals surface area contributed by atoms with E-state index in [-0.39, 0.29) is 0 Å². The summed E-state index contributed by atoms with van der Waals surface area (Å²) in [4.78, 5) is 13.0. The number of aryl methyl sites for hydroxylation is 2. The predicted octanol–water partition coefficient (Wildman–Crippen LogP) is 1.73. The van der Waals surface area contributed by atoms with Crippen LogP contribution in [0.4, 0.5) is 0 Å². The normalized spacial score (nSPS) is 10.9. The van der Waals surface area contributed by atoms with Gasteiger partial charge < -0.3 is 0 Å². The first-order chi connectivity index (χ1) is 8.25. The molecule has 0 atom stereocenters. The molecule has 84 valence electrons. The van der Waals surface area contributed by atoms with Crippen LogP contribution >= 0.6 is 0 Å². The van der Waals surface area contributed by atoms with Gasteiger partial charge in [-0.1, -0.05) is 0 Å². The first-order valence-corrected chi connectivity index (χ1v) is 5.32. The van der Waals surface area contributed by atoms with Crippen molar-refractivity contribution < 1.29 is 0 Å². The molecule has 3 rings (SSSR count). The molecule has 0 saturated heterocycles. The van der Waals surface area contributed by atoms with Gasteiger partial charge in [0.1, 0.15) is 5.82 Å². The molecule has 0 amide bonds. The Morgan fingerprint density at radius 2 is 2.06 bits per heavy atom. The van der Waals surface area contributed by atoms with E-state index in [1.165, 1.54) is 0 Å². The van der Waals surface area contributed by atoms with Crippen LogP contribution in [0.25, 0.3) is 22.3 Å². The topological polar surface area (TPSA) is 56.5 Å². The van der Waals surface area contributed by atoms with Crippen molar-refractivity contribution in [3.8, 4) is 11.3 Å². The van der Waals surface area contributed by atoms with Crippen LogP contribution in [0.5, 0.6) is 0 Å². The van der Waals surface area contributed by atoms with Crippen LogP contribution < -0.4 is 0 Å². The summed E-state index contributed by atoms with van der Waals surface area (Å²) in [7, 11) is 1.88. The maximum atomic E-state index is 4.48. The molecule has 0 aliphatic heterocycles. The molecule has 0 radical (unpaired) electrons. The molecule has 0 N–H and O–H groups in total. The summed E-state index contributed by atoms with van der Waals surface area (Å²) in [6.45, 7) is 1.88. The number of hydrogen-bond acceptors (Lipinski definition) is 4. The van der Waals surface area contributed by atoms with Crippen LogP contribution in [0, 0.1) is 6.92 Å². The second-order valence-corrected chi connectivity index (χ2v) is 3.87. The van der Waals surface area contributed by atoms with Gasteiger partial charge in [0.2, 0.25) is 0 Å². The molecule has 5 nitrogen and oxygen atoms in total. The minimum atomic E-state index is 0.736. The highest BCUT2D eigenvalue weighted by molar-refractivity contribution is 5.89. The Kier molecular flexibility index (Phi) is 2.11. The fourth-order valence-electron chi connectivity index (χ4n) is 1.85. The van der Waals surface area contributed by atoms with E-state index < -0.39 is 0 Å². The van der Waals surface area contributed by atoms with Gasteiger partial charge in [-0.3, -0.25) is 9.67 Å². The van der Waals surface area contributed by atoms with Crippen LogP contribution in [0.15, 0.2) is 30.7 Å². The molecule has 0 aromatic carbocycles. The van der Waals surface area contributed by atoms with Gasteiger partial charge in [-0.05, 0) is 19.1 Å². The number of nitrogens with zero attached hydrogens (tertiary/aromatic N) is 5. The number of rotatable bonds is 1. The van der Waals surface area contributed by atoms with Crippen molar-refractivity contribution in [3.05, 3.63) is 36.5 Å². The molecule has 0 bridgehead atoms. The summed E-state index contributed by atoms with van der Waals surface area (Å²) in [5.41, 5.74) is 2.71. The summed E-state index contributed by atoms with van der Waals surface area (Å²) in [6.07, 6.45) is 5.34. The highest BCUT2D eigenvalue weighted by Gasteiger charge is 2.11. The second kappa shape index (κ2) is 3.62. The summed E-state index contributed by atoms with van der Waals surface area (Å²) >= 11 is 0. The highest BCUT2D eigenvalue weighted by atomic mass is 15.3. The molecule has 0 aliphatic carbocycles. The average Bonchev–Trinajstić information content (AvgIpc) is 2.72. The second-order valence-electron chi connectivity index (χ2n) is 3.87. The van der Waals surface area contributed by atoms with Crippen LogP contribution in [0.3, 0.4) is 0 Å². The zero-order valence-electron chi connectivity index (χ0n) is 9.62. The van der Waals surface area contributed by atoms with Gasteiger partial charge >= 0.3 is 0 Å². The quantitative estimate of drug-likeness (QED) is 0.633. The number of aromatic nitrogens is 5.